The van der Waals surface area contributed by atoms with Crippen LogP contribution in [0, 0.1) is 25.7 Å². The van der Waals surface area contributed by atoms with Gasteiger partial charge < -0.3 is 14.5 Å². The highest BCUT2D eigenvalue weighted by Gasteiger charge is 2.40. The Hall–Kier alpha value is -2.14. The minimum absolute atomic E-state index is 0.771. The molecule has 142 valence electrons. The second kappa shape index (κ2) is 6.79. The van der Waals surface area contributed by atoms with Gasteiger partial charge in [0.15, 0.2) is 0 Å². The minimum Gasteiger partial charge on any atom is -0.493 e. The Kier molecular flexibility index (Phi) is 4.27. The van der Waals surface area contributed by atoms with E-state index in [9.17, 15) is 0 Å². The van der Waals surface area contributed by atoms with Gasteiger partial charge in [0.25, 0.3) is 0 Å². The van der Waals surface area contributed by atoms with Crippen molar-refractivity contribution in [3.05, 3.63) is 46.9 Å². The third-order valence-electron chi connectivity index (χ3n) is 6.64. The highest BCUT2D eigenvalue weighted by atomic mass is 16.5. The van der Waals surface area contributed by atoms with Crippen LogP contribution in [-0.4, -0.2) is 54.2 Å². The summed E-state index contributed by atoms with van der Waals surface area (Å²) in [5.41, 5.74) is 5.16. The molecule has 27 heavy (non-hydrogen) atoms. The molecular weight excluding hydrogens is 336 g/mol. The molecule has 0 spiro atoms. The Morgan fingerprint density at radius 3 is 2.70 bits per heavy atom. The van der Waals surface area contributed by atoms with Crippen LogP contribution in [0.25, 0.3) is 0 Å². The molecule has 2 saturated heterocycles. The second-order valence-electron chi connectivity index (χ2n) is 8.38. The summed E-state index contributed by atoms with van der Waals surface area (Å²) in [5, 5.41) is 0. The van der Waals surface area contributed by atoms with E-state index in [1.165, 1.54) is 29.8 Å². The molecule has 2 aromatic rings. The van der Waals surface area contributed by atoms with Gasteiger partial charge in [-0.2, -0.15) is 0 Å². The zero-order chi connectivity index (χ0) is 18.4. The summed E-state index contributed by atoms with van der Waals surface area (Å²) in [6.45, 7) is 10.9. The van der Waals surface area contributed by atoms with Crippen LogP contribution in [0.4, 0.5) is 5.82 Å². The van der Waals surface area contributed by atoms with Gasteiger partial charge in [-0.05, 0) is 49.3 Å². The van der Waals surface area contributed by atoms with Crippen molar-refractivity contribution < 1.29 is 4.74 Å². The lowest BCUT2D eigenvalue weighted by Crippen LogP contribution is -2.31. The molecule has 2 unspecified atom stereocenters. The number of hydrogen-bond donors (Lipinski definition) is 0. The molecule has 3 aliphatic rings. The number of rotatable bonds is 4. The standard InChI is InChI=1S/C22H28N4O/c1-15-16(2)23-14-24-22(15)26-12-19-10-25(11-20(19)13-26)7-5-17-3-4-21-18(9-17)6-8-27-21/h3-4,9,14,19-20H,5-8,10-13H2,1-2H3. The summed E-state index contributed by atoms with van der Waals surface area (Å²) in [6, 6.07) is 6.74. The Bertz CT molecular complexity index is 838. The van der Waals surface area contributed by atoms with E-state index in [1.54, 1.807) is 6.33 Å². The molecular formula is C22H28N4O. The molecule has 0 radical (unpaired) electrons. The summed E-state index contributed by atoms with van der Waals surface area (Å²) < 4.78 is 5.62. The van der Waals surface area contributed by atoms with E-state index in [2.05, 4.69) is 51.8 Å². The van der Waals surface area contributed by atoms with Crippen molar-refractivity contribution in [1.82, 2.24) is 14.9 Å². The Balaban J connectivity index is 1.17. The van der Waals surface area contributed by atoms with Crippen LogP contribution in [0.15, 0.2) is 24.5 Å². The molecule has 0 N–H and O–H groups in total. The van der Waals surface area contributed by atoms with Crippen LogP contribution in [0.3, 0.4) is 0 Å². The molecule has 5 rings (SSSR count). The number of ether oxygens (including phenoxy) is 1. The van der Waals surface area contributed by atoms with E-state index >= 15 is 0 Å². The van der Waals surface area contributed by atoms with Crippen LogP contribution < -0.4 is 9.64 Å². The van der Waals surface area contributed by atoms with Crippen LogP contribution in [0.5, 0.6) is 5.75 Å². The summed E-state index contributed by atoms with van der Waals surface area (Å²) in [5.74, 6) is 3.77. The van der Waals surface area contributed by atoms with E-state index in [0.29, 0.717) is 0 Å². The van der Waals surface area contributed by atoms with Crippen molar-refractivity contribution in [2.24, 2.45) is 11.8 Å². The largest absolute Gasteiger partial charge is 0.493 e. The van der Waals surface area contributed by atoms with Crippen LogP contribution in [0.1, 0.15) is 22.4 Å². The first kappa shape index (κ1) is 17.0. The molecule has 1 aromatic heterocycles. The summed E-state index contributed by atoms with van der Waals surface area (Å²) in [7, 11) is 0. The van der Waals surface area contributed by atoms with Crippen molar-refractivity contribution in [3.63, 3.8) is 0 Å². The van der Waals surface area contributed by atoms with Crippen molar-refractivity contribution in [2.75, 3.05) is 44.2 Å². The number of anilines is 1. The number of aryl methyl sites for hydroxylation is 1. The van der Waals surface area contributed by atoms with Gasteiger partial charge in [-0.25, -0.2) is 9.97 Å². The average molecular weight is 364 g/mol. The van der Waals surface area contributed by atoms with Crippen molar-refractivity contribution in [1.29, 1.82) is 0 Å². The smallest absolute Gasteiger partial charge is 0.135 e. The molecule has 2 fully saturated rings. The van der Waals surface area contributed by atoms with Gasteiger partial charge in [0.1, 0.15) is 17.9 Å². The maximum absolute atomic E-state index is 5.62. The van der Waals surface area contributed by atoms with Gasteiger partial charge >= 0.3 is 0 Å². The molecule has 5 heteroatoms. The number of likely N-dealkylation sites (tertiary alicyclic amines) is 1. The highest BCUT2D eigenvalue weighted by molar-refractivity contribution is 5.48. The van der Waals surface area contributed by atoms with Gasteiger partial charge in [0.2, 0.25) is 0 Å². The second-order valence-corrected chi connectivity index (χ2v) is 8.38. The average Bonchev–Trinajstić information content (AvgIpc) is 3.36. The summed E-state index contributed by atoms with van der Waals surface area (Å²) >= 11 is 0. The third kappa shape index (κ3) is 3.18. The summed E-state index contributed by atoms with van der Waals surface area (Å²) in [6.07, 6.45) is 3.91. The van der Waals surface area contributed by atoms with Crippen LogP contribution >= 0.6 is 0 Å². The van der Waals surface area contributed by atoms with E-state index in [4.69, 9.17) is 4.74 Å². The topological polar surface area (TPSA) is 41.5 Å². The first-order chi connectivity index (χ1) is 13.2. The van der Waals surface area contributed by atoms with E-state index in [1.807, 2.05) is 0 Å². The fraction of sp³-hybridized carbons (Fsp3) is 0.545. The molecule has 0 saturated carbocycles. The van der Waals surface area contributed by atoms with E-state index in [-0.39, 0.29) is 0 Å². The first-order valence-corrected chi connectivity index (χ1v) is 10.2. The van der Waals surface area contributed by atoms with Gasteiger partial charge in [-0.3, -0.25) is 0 Å². The maximum atomic E-state index is 5.62. The minimum atomic E-state index is 0.771. The number of fused-ring (bicyclic) bond motifs is 2. The lowest BCUT2D eigenvalue weighted by Gasteiger charge is -2.23. The number of benzene rings is 1. The Morgan fingerprint density at radius 1 is 1.07 bits per heavy atom. The zero-order valence-corrected chi connectivity index (χ0v) is 16.3. The van der Waals surface area contributed by atoms with Crippen LogP contribution in [-0.2, 0) is 12.8 Å². The van der Waals surface area contributed by atoms with E-state index < -0.39 is 0 Å². The quantitative estimate of drug-likeness (QED) is 0.834. The Labute approximate surface area is 161 Å². The molecule has 0 aliphatic carbocycles. The Morgan fingerprint density at radius 2 is 1.89 bits per heavy atom. The lowest BCUT2D eigenvalue weighted by atomic mass is 10.0. The number of nitrogens with zero attached hydrogens (tertiary/aromatic N) is 4. The molecule has 3 aliphatic heterocycles. The first-order valence-electron chi connectivity index (χ1n) is 10.2. The van der Waals surface area contributed by atoms with Gasteiger partial charge in [-0.15, -0.1) is 0 Å². The number of hydrogen-bond acceptors (Lipinski definition) is 5. The molecule has 2 atom stereocenters. The fourth-order valence-corrected chi connectivity index (χ4v) is 4.97. The van der Waals surface area contributed by atoms with E-state index in [0.717, 1.165) is 68.2 Å². The molecule has 5 nitrogen and oxygen atoms in total. The fourth-order valence-electron chi connectivity index (χ4n) is 4.97. The lowest BCUT2D eigenvalue weighted by molar-refractivity contribution is 0.320. The molecule has 1 aromatic carbocycles. The summed E-state index contributed by atoms with van der Waals surface area (Å²) in [4.78, 5) is 14.0. The van der Waals surface area contributed by atoms with Crippen molar-refractivity contribution >= 4 is 5.82 Å². The predicted octanol–water partition coefficient (Wildman–Crippen LogP) is 2.64. The van der Waals surface area contributed by atoms with Crippen molar-refractivity contribution in [3.8, 4) is 5.75 Å². The SMILES string of the molecule is Cc1ncnc(N2CC3CN(CCc4ccc5c(c4)CCO5)CC3C2)c1C. The molecule has 0 bridgehead atoms. The normalized spacial score (nSPS) is 24.1. The monoisotopic (exact) mass is 364 g/mol. The maximum Gasteiger partial charge on any atom is 0.135 e. The zero-order valence-electron chi connectivity index (χ0n) is 16.3. The number of aromatic nitrogens is 2. The van der Waals surface area contributed by atoms with Crippen LogP contribution in [0.2, 0.25) is 0 Å². The van der Waals surface area contributed by atoms with Crippen molar-refractivity contribution in [2.45, 2.75) is 26.7 Å². The van der Waals surface area contributed by atoms with Gasteiger partial charge in [0, 0.05) is 50.4 Å². The molecule has 0 amide bonds. The van der Waals surface area contributed by atoms with Gasteiger partial charge in [0.05, 0.1) is 6.61 Å². The highest BCUT2D eigenvalue weighted by Crippen LogP contribution is 2.34. The third-order valence-corrected chi connectivity index (χ3v) is 6.64. The van der Waals surface area contributed by atoms with Gasteiger partial charge in [-0.1, -0.05) is 12.1 Å². The molecule has 4 heterocycles. The predicted molar refractivity (Wildman–Crippen MR) is 106 cm³/mol.